The molecule has 0 aliphatic rings. The molecule has 10 nitrogen and oxygen atoms in total. The minimum atomic E-state index is -0.535. The fourth-order valence-electron chi connectivity index (χ4n) is 1.82. The summed E-state index contributed by atoms with van der Waals surface area (Å²) >= 11 is 6.67. The SMILES string of the molecule is Nc1c(Br)cc(-c2nc(N(CO)CO)nc(N(CO)CO)n2)cc1Br. The van der Waals surface area contributed by atoms with E-state index in [1.54, 1.807) is 12.1 Å². The minimum Gasteiger partial charge on any atom is -0.397 e. The Morgan fingerprint density at radius 1 is 0.800 bits per heavy atom. The standard InChI is InChI=1S/C13H16Br2N6O4/c14-8-1-7(2-9(15)10(8)16)11-17-12(20(3-22)4-23)19-13(18-11)21(5-24)6-25/h1-2,22-25H,3-6,16H2. The summed E-state index contributed by atoms with van der Waals surface area (Å²) in [5.74, 6) is 0.141. The highest BCUT2D eigenvalue weighted by molar-refractivity contribution is 9.11. The van der Waals surface area contributed by atoms with Crippen molar-refractivity contribution in [3.63, 3.8) is 0 Å². The quantitative estimate of drug-likeness (QED) is 0.272. The number of aliphatic hydroxyl groups excluding tert-OH is 4. The van der Waals surface area contributed by atoms with Gasteiger partial charge in [0.05, 0.1) is 5.69 Å². The summed E-state index contributed by atoms with van der Waals surface area (Å²) in [6.07, 6.45) is 0. The Labute approximate surface area is 159 Å². The van der Waals surface area contributed by atoms with E-state index < -0.39 is 26.9 Å². The molecule has 2 aromatic rings. The van der Waals surface area contributed by atoms with Gasteiger partial charge in [-0.3, -0.25) is 9.80 Å². The first kappa shape index (κ1) is 19.8. The van der Waals surface area contributed by atoms with Crippen molar-refractivity contribution in [2.24, 2.45) is 0 Å². The second kappa shape index (κ2) is 8.69. The maximum Gasteiger partial charge on any atom is 0.234 e. The van der Waals surface area contributed by atoms with Gasteiger partial charge in [0, 0.05) is 14.5 Å². The van der Waals surface area contributed by atoms with Crippen LogP contribution in [0.1, 0.15) is 0 Å². The molecule has 0 amide bonds. The molecule has 0 aliphatic carbocycles. The van der Waals surface area contributed by atoms with Gasteiger partial charge in [-0.05, 0) is 44.0 Å². The number of halogens is 2. The molecule has 0 radical (unpaired) electrons. The normalized spacial score (nSPS) is 10.8. The monoisotopic (exact) mass is 478 g/mol. The van der Waals surface area contributed by atoms with Crippen molar-refractivity contribution in [2.75, 3.05) is 42.5 Å². The van der Waals surface area contributed by atoms with E-state index in [-0.39, 0.29) is 17.7 Å². The van der Waals surface area contributed by atoms with Crippen molar-refractivity contribution in [1.82, 2.24) is 15.0 Å². The number of hydrogen-bond donors (Lipinski definition) is 5. The lowest BCUT2D eigenvalue weighted by atomic mass is 10.2. The maximum atomic E-state index is 9.33. The zero-order valence-electron chi connectivity index (χ0n) is 12.8. The molecule has 136 valence electrons. The minimum absolute atomic E-state index is 0.0269. The highest BCUT2D eigenvalue weighted by atomic mass is 79.9. The van der Waals surface area contributed by atoms with Gasteiger partial charge in [0.2, 0.25) is 11.9 Å². The summed E-state index contributed by atoms with van der Waals surface area (Å²) in [5.41, 5.74) is 6.93. The number of hydrogen-bond acceptors (Lipinski definition) is 10. The number of rotatable bonds is 7. The molecule has 1 aromatic heterocycles. The Hall–Kier alpha value is -1.57. The van der Waals surface area contributed by atoms with Crippen LogP contribution in [0.4, 0.5) is 17.6 Å². The van der Waals surface area contributed by atoms with E-state index in [2.05, 4.69) is 46.8 Å². The topological polar surface area (TPSA) is 152 Å². The van der Waals surface area contributed by atoms with Gasteiger partial charge in [-0.25, -0.2) is 0 Å². The molecule has 25 heavy (non-hydrogen) atoms. The molecule has 1 heterocycles. The second-order valence-corrected chi connectivity index (χ2v) is 6.47. The summed E-state index contributed by atoms with van der Waals surface area (Å²) in [4.78, 5) is 14.6. The van der Waals surface area contributed by atoms with E-state index in [0.717, 1.165) is 9.80 Å². The molecule has 0 saturated heterocycles. The molecule has 0 saturated carbocycles. The third kappa shape index (κ3) is 4.34. The lowest BCUT2D eigenvalue weighted by Gasteiger charge is -2.21. The fraction of sp³-hybridized carbons (Fsp3) is 0.308. The molecule has 6 N–H and O–H groups in total. The first-order valence-corrected chi connectivity index (χ1v) is 8.48. The van der Waals surface area contributed by atoms with Crippen LogP contribution in [-0.4, -0.2) is 62.3 Å². The zero-order valence-corrected chi connectivity index (χ0v) is 16.0. The van der Waals surface area contributed by atoms with E-state index in [1.165, 1.54) is 0 Å². The smallest absolute Gasteiger partial charge is 0.234 e. The van der Waals surface area contributed by atoms with Crippen molar-refractivity contribution in [3.05, 3.63) is 21.1 Å². The number of nitrogens with two attached hydrogens (primary N) is 1. The summed E-state index contributed by atoms with van der Waals surface area (Å²) in [6.45, 7) is -2.14. The van der Waals surface area contributed by atoms with E-state index in [4.69, 9.17) is 5.73 Å². The van der Waals surface area contributed by atoms with Crippen molar-refractivity contribution in [1.29, 1.82) is 0 Å². The zero-order chi connectivity index (χ0) is 18.6. The molecule has 0 aliphatic heterocycles. The first-order chi connectivity index (χ1) is 11.9. The van der Waals surface area contributed by atoms with Crippen LogP contribution in [0.25, 0.3) is 11.4 Å². The number of nitrogen functional groups attached to an aromatic ring is 1. The van der Waals surface area contributed by atoms with Crippen LogP contribution in [0.2, 0.25) is 0 Å². The predicted octanol–water partition coefficient (Wildman–Crippen LogP) is 0.0578. The molecule has 0 unspecified atom stereocenters. The Morgan fingerprint density at radius 2 is 1.20 bits per heavy atom. The summed E-state index contributed by atoms with van der Waals surface area (Å²) in [6, 6.07) is 3.38. The number of aliphatic hydroxyl groups is 4. The highest BCUT2D eigenvalue weighted by Crippen LogP contribution is 2.33. The van der Waals surface area contributed by atoms with E-state index in [0.29, 0.717) is 20.2 Å². The van der Waals surface area contributed by atoms with Gasteiger partial charge in [-0.2, -0.15) is 15.0 Å². The second-order valence-electron chi connectivity index (χ2n) is 4.76. The van der Waals surface area contributed by atoms with Gasteiger partial charge in [-0.1, -0.05) is 0 Å². The number of nitrogens with zero attached hydrogens (tertiary/aromatic N) is 5. The van der Waals surface area contributed by atoms with Crippen molar-refractivity contribution in [2.45, 2.75) is 0 Å². The van der Waals surface area contributed by atoms with Crippen LogP contribution in [0.15, 0.2) is 21.1 Å². The van der Waals surface area contributed by atoms with Gasteiger partial charge >= 0.3 is 0 Å². The largest absolute Gasteiger partial charge is 0.397 e. The van der Waals surface area contributed by atoms with E-state index in [9.17, 15) is 20.4 Å². The van der Waals surface area contributed by atoms with Crippen LogP contribution in [0.3, 0.4) is 0 Å². The van der Waals surface area contributed by atoms with Crippen molar-refractivity contribution >= 4 is 49.4 Å². The average Bonchev–Trinajstić information content (AvgIpc) is 2.61. The van der Waals surface area contributed by atoms with Gasteiger partial charge in [0.25, 0.3) is 0 Å². The van der Waals surface area contributed by atoms with Gasteiger partial charge in [0.1, 0.15) is 26.9 Å². The van der Waals surface area contributed by atoms with E-state index >= 15 is 0 Å². The summed E-state index contributed by atoms with van der Waals surface area (Å²) < 4.78 is 1.23. The van der Waals surface area contributed by atoms with Crippen LogP contribution >= 0.6 is 31.9 Å². The molecule has 0 fully saturated rings. The van der Waals surface area contributed by atoms with Crippen LogP contribution < -0.4 is 15.5 Å². The third-order valence-corrected chi connectivity index (χ3v) is 4.51. The molecule has 0 bridgehead atoms. The number of benzene rings is 1. The molecular formula is C13H16Br2N6O4. The first-order valence-electron chi connectivity index (χ1n) is 6.89. The number of aromatic nitrogens is 3. The summed E-state index contributed by atoms with van der Waals surface area (Å²) in [7, 11) is 0. The highest BCUT2D eigenvalue weighted by Gasteiger charge is 2.18. The van der Waals surface area contributed by atoms with Gasteiger partial charge in [-0.15, -0.1) is 0 Å². The number of anilines is 3. The Kier molecular flexibility index (Phi) is 6.87. The van der Waals surface area contributed by atoms with Crippen molar-refractivity contribution in [3.8, 4) is 11.4 Å². The predicted molar refractivity (Wildman–Crippen MR) is 98.4 cm³/mol. The van der Waals surface area contributed by atoms with Crippen molar-refractivity contribution < 1.29 is 20.4 Å². The Balaban J connectivity index is 2.63. The molecular weight excluding hydrogens is 464 g/mol. The lowest BCUT2D eigenvalue weighted by Crippen LogP contribution is -2.31. The van der Waals surface area contributed by atoms with Crippen LogP contribution in [0, 0.1) is 0 Å². The molecule has 1 aromatic carbocycles. The third-order valence-electron chi connectivity index (χ3n) is 3.20. The van der Waals surface area contributed by atoms with Crippen LogP contribution in [-0.2, 0) is 0 Å². The Morgan fingerprint density at radius 3 is 1.56 bits per heavy atom. The average molecular weight is 480 g/mol. The van der Waals surface area contributed by atoms with E-state index in [1.807, 2.05) is 0 Å². The van der Waals surface area contributed by atoms with Gasteiger partial charge in [0.15, 0.2) is 5.82 Å². The molecule has 2 rings (SSSR count). The summed E-state index contributed by atoms with van der Waals surface area (Å²) in [5, 5.41) is 37.3. The molecule has 0 atom stereocenters. The molecule has 0 spiro atoms. The fourth-order valence-corrected chi connectivity index (χ4v) is 3.01. The van der Waals surface area contributed by atoms with Crippen LogP contribution in [0.5, 0.6) is 0 Å². The molecule has 12 heteroatoms. The lowest BCUT2D eigenvalue weighted by molar-refractivity contribution is 0.217. The Bertz CT molecular complexity index is 689. The maximum absolute atomic E-state index is 9.33. The van der Waals surface area contributed by atoms with Gasteiger partial charge < -0.3 is 26.2 Å².